The Hall–Kier alpha value is -2.04. The van der Waals surface area contributed by atoms with Gasteiger partial charge in [0.15, 0.2) is 0 Å². The quantitative estimate of drug-likeness (QED) is 0.870. The lowest BCUT2D eigenvalue weighted by molar-refractivity contribution is -0.126. The van der Waals surface area contributed by atoms with Gasteiger partial charge in [0.2, 0.25) is 0 Å². The van der Waals surface area contributed by atoms with E-state index in [1.807, 2.05) is 10.9 Å². The summed E-state index contributed by atoms with van der Waals surface area (Å²) in [5, 5.41) is 4.69. The fourth-order valence-corrected chi connectivity index (χ4v) is 2.80. The van der Waals surface area contributed by atoms with Gasteiger partial charge in [-0.3, -0.25) is 9.48 Å². The first-order valence-electron chi connectivity index (χ1n) is 7.36. The van der Waals surface area contributed by atoms with Crippen LogP contribution in [0.15, 0.2) is 18.3 Å². The molecule has 2 aliphatic carbocycles. The maximum absolute atomic E-state index is 13.4. The molecule has 0 N–H and O–H groups in total. The molecule has 0 radical (unpaired) electrons. The van der Waals surface area contributed by atoms with E-state index in [0.717, 1.165) is 29.8 Å². The number of carbonyl (C=O) groups is 1. The first-order valence-corrected chi connectivity index (χ1v) is 7.36. The van der Waals surface area contributed by atoms with Gasteiger partial charge >= 0.3 is 0 Å². The van der Waals surface area contributed by atoms with Crippen molar-refractivity contribution in [2.75, 3.05) is 0 Å². The minimum Gasteiger partial charge on any atom is -0.300 e. The van der Waals surface area contributed by atoms with Gasteiger partial charge in [-0.1, -0.05) is 0 Å². The molecule has 5 heteroatoms. The highest BCUT2D eigenvalue weighted by Gasteiger charge is 2.34. The molecule has 2 saturated carbocycles. The second-order valence-corrected chi connectivity index (χ2v) is 6.05. The van der Waals surface area contributed by atoms with Crippen LogP contribution >= 0.6 is 0 Å². The summed E-state index contributed by atoms with van der Waals surface area (Å²) in [5.41, 5.74) is 3.21. The fraction of sp³-hybridized carbons (Fsp3) is 0.438. The van der Waals surface area contributed by atoms with E-state index in [9.17, 15) is 9.18 Å². The van der Waals surface area contributed by atoms with Crippen LogP contribution in [0.3, 0.4) is 0 Å². The highest BCUT2D eigenvalue weighted by Crippen LogP contribution is 2.44. The highest BCUT2D eigenvalue weighted by atomic mass is 19.1. The number of nitrogens with zero attached hydrogens (tertiary/aromatic N) is 3. The van der Waals surface area contributed by atoms with Crippen LogP contribution in [0.1, 0.15) is 49.0 Å². The second kappa shape index (κ2) is 4.48. The number of hydrogen-bond acceptors (Lipinski definition) is 3. The lowest BCUT2D eigenvalue weighted by Gasteiger charge is -2.24. The van der Waals surface area contributed by atoms with Crippen molar-refractivity contribution in [1.82, 2.24) is 14.8 Å². The molecule has 2 aromatic heterocycles. The molecule has 108 valence electrons. The van der Waals surface area contributed by atoms with Gasteiger partial charge < -0.3 is 0 Å². The fourth-order valence-electron chi connectivity index (χ4n) is 2.80. The van der Waals surface area contributed by atoms with Crippen molar-refractivity contribution in [1.29, 1.82) is 0 Å². The molecule has 4 rings (SSSR count). The number of aryl methyl sites for hydroxylation is 1. The van der Waals surface area contributed by atoms with Gasteiger partial charge in [0.1, 0.15) is 11.6 Å². The molecule has 0 atom stereocenters. The zero-order valence-electron chi connectivity index (χ0n) is 11.8. The Bertz CT molecular complexity index is 725. The Labute approximate surface area is 122 Å². The van der Waals surface area contributed by atoms with Gasteiger partial charge in [0, 0.05) is 30.5 Å². The molecule has 2 aromatic rings. The van der Waals surface area contributed by atoms with Crippen LogP contribution in [0.2, 0.25) is 0 Å². The minimum atomic E-state index is -0.288. The van der Waals surface area contributed by atoms with E-state index < -0.39 is 0 Å². The zero-order chi connectivity index (χ0) is 14.6. The van der Waals surface area contributed by atoms with Crippen LogP contribution in [0.25, 0.3) is 11.3 Å². The number of aromatic nitrogens is 3. The third-order valence-electron chi connectivity index (χ3n) is 4.32. The van der Waals surface area contributed by atoms with Crippen LogP contribution in [-0.2, 0) is 4.79 Å². The van der Waals surface area contributed by atoms with Gasteiger partial charge in [-0.2, -0.15) is 5.10 Å². The van der Waals surface area contributed by atoms with E-state index in [1.165, 1.54) is 6.07 Å². The zero-order valence-corrected chi connectivity index (χ0v) is 11.8. The van der Waals surface area contributed by atoms with E-state index in [4.69, 9.17) is 0 Å². The molecular formula is C16H16FN3O. The van der Waals surface area contributed by atoms with E-state index in [1.54, 1.807) is 13.0 Å². The van der Waals surface area contributed by atoms with E-state index in [-0.39, 0.29) is 11.9 Å². The van der Waals surface area contributed by atoms with Gasteiger partial charge in [-0.15, -0.1) is 0 Å². The molecule has 0 saturated heterocycles. The van der Waals surface area contributed by atoms with Crippen molar-refractivity contribution < 1.29 is 9.18 Å². The molecule has 21 heavy (non-hydrogen) atoms. The Morgan fingerprint density at radius 2 is 2.05 bits per heavy atom. The number of pyridine rings is 1. The highest BCUT2D eigenvalue weighted by molar-refractivity contribution is 5.85. The summed E-state index contributed by atoms with van der Waals surface area (Å²) in [6.45, 7) is 1.67. The normalized spacial score (nSPS) is 18.9. The standard InChI is InChI=1S/C16H16FN3O/c1-9-14(17)4-5-15(18-9)13-8-20(11-6-12(21)7-11)19-16(13)10-2-3-10/h4-5,8,10-11H,2-3,6-7H2,1H3. The second-order valence-electron chi connectivity index (χ2n) is 6.05. The van der Waals surface area contributed by atoms with Crippen LogP contribution in [-0.4, -0.2) is 20.5 Å². The van der Waals surface area contributed by atoms with Crippen LogP contribution < -0.4 is 0 Å². The van der Waals surface area contributed by atoms with Crippen LogP contribution in [0, 0.1) is 12.7 Å². The van der Waals surface area contributed by atoms with Crippen LogP contribution in [0.4, 0.5) is 4.39 Å². The topological polar surface area (TPSA) is 47.8 Å². The minimum absolute atomic E-state index is 0.185. The number of halogens is 1. The third-order valence-corrected chi connectivity index (χ3v) is 4.32. The number of ketones is 1. The Balaban J connectivity index is 1.75. The number of rotatable bonds is 3. The van der Waals surface area contributed by atoms with Crippen molar-refractivity contribution >= 4 is 5.78 Å². The number of carbonyl (C=O) groups excluding carboxylic acids is 1. The van der Waals surface area contributed by atoms with E-state index in [2.05, 4.69) is 10.1 Å². The number of hydrogen-bond donors (Lipinski definition) is 0. The summed E-state index contributed by atoms with van der Waals surface area (Å²) in [5.74, 6) is 0.494. The van der Waals surface area contributed by atoms with Crippen molar-refractivity contribution in [2.24, 2.45) is 0 Å². The monoisotopic (exact) mass is 285 g/mol. The molecular weight excluding hydrogens is 269 g/mol. The van der Waals surface area contributed by atoms with E-state index >= 15 is 0 Å². The van der Waals surface area contributed by atoms with Crippen molar-refractivity contribution in [3.8, 4) is 11.3 Å². The predicted molar refractivity (Wildman–Crippen MR) is 75.4 cm³/mol. The smallest absolute Gasteiger partial charge is 0.144 e. The predicted octanol–water partition coefficient (Wildman–Crippen LogP) is 3.17. The molecule has 0 aromatic carbocycles. The lowest BCUT2D eigenvalue weighted by atomic mass is 9.92. The third kappa shape index (κ3) is 2.17. The van der Waals surface area contributed by atoms with Crippen LogP contribution in [0.5, 0.6) is 0 Å². The Morgan fingerprint density at radius 3 is 2.67 bits per heavy atom. The largest absolute Gasteiger partial charge is 0.300 e. The molecule has 0 amide bonds. The van der Waals surface area contributed by atoms with Crippen molar-refractivity contribution in [2.45, 2.75) is 44.6 Å². The Morgan fingerprint density at radius 1 is 1.29 bits per heavy atom. The first-order chi connectivity index (χ1) is 10.1. The van der Waals surface area contributed by atoms with Crippen molar-refractivity contribution in [3.05, 3.63) is 35.5 Å². The van der Waals surface area contributed by atoms with Gasteiger partial charge in [0.05, 0.1) is 23.1 Å². The molecule has 2 aliphatic rings. The van der Waals surface area contributed by atoms with Crippen molar-refractivity contribution in [3.63, 3.8) is 0 Å². The molecule has 2 fully saturated rings. The van der Waals surface area contributed by atoms with Gasteiger partial charge in [0.25, 0.3) is 0 Å². The van der Waals surface area contributed by atoms with Gasteiger partial charge in [-0.25, -0.2) is 9.37 Å². The maximum atomic E-state index is 13.4. The molecule has 0 unspecified atom stereocenters. The summed E-state index contributed by atoms with van der Waals surface area (Å²) in [7, 11) is 0. The SMILES string of the molecule is Cc1nc(-c2cn(C3CC(=O)C3)nc2C2CC2)ccc1F. The molecule has 0 spiro atoms. The summed E-state index contributed by atoms with van der Waals surface area (Å²) < 4.78 is 15.3. The molecule has 2 heterocycles. The van der Waals surface area contributed by atoms with Gasteiger partial charge in [-0.05, 0) is 31.9 Å². The summed E-state index contributed by atoms with van der Waals surface area (Å²) in [6, 6.07) is 3.35. The summed E-state index contributed by atoms with van der Waals surface area (Å²) >= 11 is 0. The lowest BCUT2D eigenvalue weighted by Crippen LogP contribution is -2.26. The molecule has 0 bridgehead atoms. The molecule has 0 aliphatic heterocycles. The molecule has 4 nitrogen and oxygen atoms in total. The van der Waals surface area contributed by atoms with E-state index in [0.29, 0.717) is 30.2 Å². The summed E-state index contributed by atoms with van der Waals surface area (Å²) in [6.07, 6.45) is 5.41. The maximum Gasteiger partial charge on any atom is 0.144 e. The average molecular weight is 285 g/mol. The first kappa shape index (κ1) is 12.7. The average Bonchev–Trinajstić information content (AvgIpc) is 3.18. The Kier molecular flexibility index (Phi) is 2.71. The summed E-state index contributed by atoms with van der Waals surface area (Å²) in [4.78, 5) is 15.5. The number of Topliss-reactive ketones (excluding diaryl/α,β-unsaturated/α-hetero) is 1.